The molecule has 1 saturated carbocycles. The molecule has 1 aliphatic carbocycles. The molecule has 0 atom stereocenters. The number of aliphatic carboxylic acids is 1. The van der Waals surface area contributed by atoms with Crippen molar-refractivity contribution in [2.45, 2.75) is 64.2 Å². The first-order chi connectivity index (χ1) is 12.6. The van der Waals surface area contributed by atoms with E-state index in [2.05, 4.69) is 15.5 Å². The van der Waals surface area contributed by atoms with Crippen LogP contribution in [0.25, 0.3) is 11.1 Å². The summed E-state index contributed by atoms with van der Waals surface area (Å²) in [5.41, 5.74) is 2.63. The van der Waals surface area contributed by atoms with E-state index in [4.69, 9.17) is 9.63 Å². The third kappa shape index (κ3) is 4.59. The number of aromatic nitrogens is 2. The first-order valence-electron chi connectivity index (χ1n) is 9.33. The van der Waals surface area contributed by atoms with E-state index >= 15 is 0 Å². The van der Waals surface area contributed by atoms with Crippen LogP contribution in [0.3, 0.4) is 0 Å². The molecule has 1 fully saturated rings. The van der Waals surface area contributed by atoms with Crippen molar-refractivity contribution in [3.05, 3.63) is 23.0 Å². The Hall–Kier alpha value is -2.44. The van der Waals surface area contributed by atoms with Crippen LogP contribution in [0.2, 0.25) is 0 Å². The summed E-state index contributed by atoms with van der Waals surface area (Å²) in [7, 11) is 0. The summed E-state index contributed by atoms with van der Waals surface area (Å²) in [6.45, 7) is 2.42. The molecular weight excluding hydrogens is 334 g/mol. The van der Waals surface area contributed by atoms with Crippen molar-refractivity contribution in [3.63, 3.8) is 0 Å². The average Bonchev–Trinajstić information content (AvgIpc) is 3.40. The number of hydrogen-bond donors (Lipinski definition) is 2. The van der Waals surface area contributed by atoms with E-state index in [0.717, 1.165) is 44.2 Å². The number of aryl methyl sites for hydroxylation is 1. The van der Waals surface area contributed by atoms with Gasteiger partial charge >= 0.3 is 5.97 Å². The highest BCUT2D eigenvalue weighted by Crippen LogP contribution is 2.40. The molecule has 2 N–H and O–H groups in total. The van der Waals surface area contributed by atoms with E-state index in [-0.39, 0.29) is 12.3 Å². The summed E-state index contributed by atoms with van der Waals surface area (Å²) < 4.78 is 5.27. The van der Waals surface area contributed by atoms with E-state index < -0.39 is 5.97 Å². The van der Waals surface area contributed by atoms with Gasteiger partial charge in [-0.25, -0.2) is 4.98 Å². The molecule has 7 nitrogen and oxygen atoms in total. The Bertz CT molecular complexity index is 795. The predicted molar refractivity (Wildman–Crippen MR) is 96.2 cm³/mol. The SMILES string of the molecule is Cc1noc2nc(C3CC3)cc(C(=O)NCCCCCCCC(=O)O)c12. The highest BCUT2D eigenvalue weighted by atomic mass is 16.5. The third-order valence-electron chi connectivity index (χ3n) is 4.73. The molecule has 140 valence electrons. The van der Waals surface area contributed by atoms with Crippen LogP contribution < -0.4 is 5.32 Å². The van der Waals surface area contributed by atoms with Crippen LogP contribution in [0.15, 0.2) is 10.6 Å². The maximum atomic E-state index is 12.6. The number of rotatable bonds is 10. The topological polar surface area (TPSA) is 105 Å². The van der Waals surface area contributed by atoms with Gasteiger partial charge in [-0.05, 0) is 38.7 Å². The lowest BCUT2D eigenvalue weighted by Crippen LogP contribution is -2.25. The number of pyridine rings is 1. The summed E-state index contributed by atoms with van der Waals surface area (Å²) in [5.74, 6) is -0.422. The Labute approximate surface area is 152 Å². The van der Waals surface area contributed by atoms with Crippen molar-refractivity contribution in [1.29, 1.82) is 0 Å². The lowest BCUT2D eigenvalue weighted by Gasteiger charge is -2.08. The van der Waals surface area contributed by atoms with Crippen LogP contribution in [-0.4, -0.2) is 33.7 Å². The first-order valence-corrected chi connectivity index (χ1v) is 9.33. The minimum Gasteiger partial charge on any atom is -0.481 e. The first kappa shape index (κ1) is 18.4. The number of hydrogen-bond acceptors (Lipinski definition) is 5. The molecule has 1 amide bonds. The summed E-state index contributed by atoms with van der Waals surface area (Å²) in [5, 5.41) is 16.2. The minimum atomic E-state index is -0.740. The maximum absolute atomic E-state index is 12.6. The molecule has 7 heteroatoms. The van der Waals surface area contributed by atoms with E-state index in [1.807, 2.05) is 13.0 Å². The summed E-state index contributed by atoms with van der Waals surface area (Å²) in [4.78, 5) is 27.6. The highest BCUT2D eigenvalue weighted by Gasteiger charge is 2.28. The molecule has 0 aliphatic heterocycles. The molecule has 0 radical (unpaired) electrons. The van der Waals surface area contributed by atoms with Crippen molar-refractivity contribution in [1.82, 2.24) is 15.5 Å². The Morgan fingerprint density at radius 3 is 2.69 bits per heavy atom. The fraction of sp³-hybridized carbons (Fsp3) is 0.579. The van der Waals surface area contributed by atoms with E-state index in [9.17, 15) is 9.59 Å². The van der Waals surface area contributed by atoms with Gasteiger partial charge in [0.2, 0.25) is 0 Å². The van der Waals surface area contributed by atoms with Gasteiger partial charge in [0.05, 0.1) is 16.6 Å². The molecule has 0 unspecified atom stereocenters. The summed E-state index contributed by atoms with van der Waals surface area (Å²) >= 11 is 0. The fourth-order valence-electron chi connectivity index (χ4n) is 3.11. The molecule has 2 aromatic heterocycles. The van der Waals surface area contributed by atoms with Crippen LogP contribution in [0.4, 0.5) is 0 Å². The lowest BCUT2D eigenvalue weighted by molar-refractivity contribution is -0.137. The largest absolute Gasteiger partial charge is 0.481 e. The fourth-order valence-corrected chi connectivity index (χ4v) is 3.11. The molecule has 26 heavy (non-hydrogen) atoms. The molecule has 3 rings (SSSR count). The van der Waals surface area contributed by atoms with Crippen molar-refractivity contribution in [2.24, 2.45) is 0 Å². The molecule has 2 aromatic rings. The van der Waals surface area contributed by atoms with Crippen molar-refractivity contribution >= 4 is 23.0 Å². The quantitative estimate of drug-likeness (QED) is 0.628. The summed E-state index contributed by atoms with van der Waals surface area (Å²) in [6, 6.07) is 1.88. The van der Waals surface area contributed by atoms with E-state index in [0.29, 0.717) is 41.2 Å². The van der Waals surface area contributed by atoms with Crippen LogP contribution in [0, 0.1) is 6.92 Å². The normalized spacial score (nSPS) is 13.9. The van der Waals surface area contributed by atoms with Gasteiger partial charge in [-0.3, -0.25) is 9.59 Å². The predicted octanol–water partition coefficient (Wildman–Crippen LogP) is 3.56. The smallest absolute Gasteiger partial charge is 0.303 e. The Morgan fingerprint density at radius 2 is 1.96 bits per heavy atom. The minimum absolute atomic E-state index is 0.114. The van der Waals surface area contributed by atoms with Gasteiger partial charge in [0.1, 0.15) is 0 Å². The van der Waals surface area contributed by atoms with Gasteiger partial charge in [0, 0.05) is 24.6 Å². The second-order valence-corrected chi connectivity index (χ2v) is 6.98. The number of amides is 1. The van der Waals surface area contributed by atoms with Gasteiger partial charge < -0.3 is 14.9 Å². The molecule has 1 aliphatic rings. The Kier molecular flexibility index (Phi) is 5.85. The van der Waals surface area contributed by atoms with Crippen LogP contribution in [0.5, 0.6) is 0 Å². The van der Waals surface area contributed by atoms with Gasteiger partial charge in [-0.2, -0.15) is 0 Å². The van der Waals surface area contributed by atoms with Gasteiger partial charge in [0.15, 0.2) is 0 Å². The molecular formula is C19H25N3O4. The zero-order valence-electron chi connectivity index (χ0n) is 15.1. The Balaban J connectivity index is 1.51. The van der Waals surface area contributed by atoms with Crippen molar-refractivity contribution in [2.75, 3.05) is 6.54 Å². The second-order valence-electron chi connectivity index (χ2n) is 6.98. The van der Waals surface area contributed by atoms with Crippen LogP contribution in [-0.2, 0) is 4.79 Å². The van der Waals surface area contributed by atoms with Crippen molar-refractivity contribution < 1.29 is 19.2 Å². The molecule has 0 spiro atoms. The lowest BCUT2D eigenvalue weighted by atomic mass is 10.1. The maximum Gasteiger partial charge on any atom is 0.303 e. The number of fused-ring (bicyclic) bond motifs is 1. The van der Waals surface area contributed by atoms with Crippen molar-refractivity contribution in [3.8, 4) is 0 Å². The molecule has 0 aromatic carbocycles. The van der Waals surface area contributed by atoms with Gasteiger partial charge in [-0.15, -0.1) is 0 Å². The molecule has 0 bridgehead atoms. The molecule has 0 saturated heterocycles. The number of unbranched alkanes of at least 4 members (excludes halogenated alkanes) is 4. The Morgan fingerprint density at radius 1 is 1.23 bits per heavy atom. The average molecular weight is 359 g/mol. The van der Waals surface area contributed by atoms with E-state index in [1.54, 1.807) is 0 Å². The van der Waals surface area contributed by atoms with E-state index in [1.165, 1.54) is 0 Å². The number of carboxylic acid groups (broad SMARTS) is 1. The standard InChI is InChI=1S/C19H25N3O4/c1-12-17-14(11-15(13-8-9-13)21-19(17)26-22-12)18(25)20-10-6-4-2-3-5-7-16(23)24/h11,13H,2-10H2,1H3,(H,20,25)(H,23,24). The van der Waals surface area contributed by atoms with Gasteiger partial charge in [-0.1, -0.05) is 24.4 Å². The van der Waals surface area contributed by atoms with Gasteiger partial charge in [0.25, 0.3) is 11.6 Å². The number of carboxylic acids is 1. The number of carbonyl (C=O) groups excluding carboxylic acids is 1. The summed E-state index contributed by atoms with van der Waals surface area (Å²) in [6.07, 6.45) is 6.91. The number of carbonyl (C=O) groups is 2. The highest BCUT2D eigenvalue weighted by molar-refractivity contribution is 6.06. The van der Waals surface area contributed by atoms with Crippen LogP contribution in [0.1, 0.15) is 79.0 Å². The molecule has 2 heterocycles. The zero-order chi connectivity index (χ0) is 18.5. The number of nitrogens with zero attached hydrogens (tertiary/aromatic N) is 2. The third-order valence-corrected chi connectivity index (χ3v) is 4.73. The monoisotopic (exact) mass is 359 g/mol. The zero-order valence-corrected chi connectivity index (χ0v) is 15.1. The number of nitrogens with one attached hydrogen (secondary N) is 1. The second kappa shape index (κ2) is 8.29. The van der Waals surface area contributed by atoms with Crippen LogP contribution >= 0.6 is 0 Å².